The number of carbonyl (C=O) groups excluding carboxylic acids is 1. The minimum Gasteiger partial charge on any atom is -0.338 e. The highest BCUT2D eigenvalue weighted by atomic mass is 35.5. The van der Waals surface area contributed by atoms with E-state index < -0.39 is 16.2 Å². The summed E-state index contributed by atoms with van der Waals surface area (Å²) in [5.41, 5.74) is 0. The molecule has 1 fully saturated rings. The van der Waals surface area contributed by atoms with Crippen LogP contribution >= 0.6 is 11.6 Å². The lowest BCUT2D eigenvalue weighted by molar-refractivity contribution is 0.228. The van der Waals surface area contributed by atoms with Crippen LogP contribution in [0.2, 0.25) is 5.02 Å². The van der Waals surface area contributed by atoms with E-state index in [0.29, 0.717) is 31.0 Å². The van der Waals surface area contributed by atoms with Crippen molar-refractivity contribution in [2.45, 2.75) is 37.2 Å². The van der Waals surface area contributed by atoms with Gasteiger partial charge in [0.2, 0.25) is 10.0 Å². The Hall–Kier alpha value is -1.31. The zero-order chi connectivity index (χ0) is 16.2. The molecule has 0 bridgehead atoms. The van der Waals surface area contributed by atoms with Gasteiger partial charge in [0, 0.05) is 18.1 Å². The van der Waals surface area contributed by atoms with Crippen LogP contribution in [0, 0.1) is 0 Å². The Balaban J connectivity index is 2.12. The van der Waals surface area contributed by atoms with E-state index in [0.717, 1.165) is 6.42 Å². The molecule has 0 aromatic heterocycles. The van der Waals surface area contributed by atoms with Gasteiger partial charge in [-0.1, -0.05) is 18.5 Å². The van der Waals surface area contributed by atoms with Gasteiger partial charge in [0.25, 0.3) is 0 Å². The van der Waals surface area contributed by atoms with E-state index in [1.807, 2.05) is 6.92 Å². The summed E-state index contributed by atoms with van der Waals surface area (Å²) in [6.45, 7) is 2.90. The summed E-state index contributed by atoms with van der Waals surface area (Å²) in [5, 5.41) is 5.89. The maximum atomic E-state index is 12.7. The van der Waals surface area contributed by atoms with E-state index in [-0.39, 0.29) is 10.9 Å². The van der Waals surface area contributed by atoms with Crippen molar-refractivity contribution >= 4 is 27.7 Å². The summed E-state index contributed by atoms with van der Waals surface area (Å²) in [4.78, 5) is 11.9. The van der Waals surface area contributed by atoms with Crippen molar-refractivity contribution < 1.29 is 13.2 Å². The number of halogens is 1. The van der Waals surface area contributed by atoms with E-state index in [9.17, 15) is 13.2 Å². The molecule has 0 aliphatic carbocycles. The van der Waals surface area contributed by atoms with Gasteiger partial charge >= 0.3 is 6.03 Å². The van der Waals surface area contributed by atoms with Crippen LogP contribution < -0.4 is 10.6 Å². The van der Waals surface area contributed by atoms with Crippen LogP contribution in [-0.4, -0.2) is 38.0 Å². The molecule has 2 rings (SSSR count). The van der Waals surface area contributed by atoms with Crippen LogP contribution in [0.5, 0.6) is 0 Å². The van der Waals surface area contributed by atoms with E-state index in [1.165, 1.54) is 16.4 Å². The molecule has 2 N–H and O–H groups in total. The third-order valence-corrected chi connectivity index (χ3v) is 5.63. The van der Waals surface area contributed by atoms with Crippen molar-refractivity contribution in [1.82, 2.24) is 14.9 Å². The van der Waals surface area contributed by atoms with Crippen LogP contribution in [0.15, 0.2) is 29.2 Å². The summed E-state index contributed by atoms with van der Waals surface area (Å²) in [6.07, 6.45) is 1.63. The maximum absolute atomic E-state index is 12.7. The lowest BCUT2D eigenvalue weighted by Crippen LogP contribution is -2.50. The molecular formula is C14H20ClN3O3S. The number of benzene rings is 1. The summed E-state index contributed by atoms with van der Waals surface area (Å²) >= 11 is 5.79. The van der Waals surface area contributed by atoms with Gasteiger partial charge in [-0.05, 0) is 43.5 Å². The quantitative estimate of drug-likeness (QED) is 0.858. The summed E-state index contributed by atoms with van der Waals surface area (Å²) in [6, 6.07) is 5.70. The Morgan fingerprint density at radius 1 is 1.36 bits per heavy atom. The number of carbonyl (C=O) groups is 1. The molecule has 1 aliphatic heterocycles. The summed E-state index contributed by atoms with van der Waals surface area (Å²) in [5.74, 6) is 0. The maximum Gasteiger partial charge on any atom is 0.316 e. The summed E-state index contributed by atoms with van der Waals surface area (Å²) in [7, 11) is -3.64. The van der Waals surface area contributed by atoms with Crippen LogP contribution in [0.1, 0.15) is 26.2 Å². The number of amides is 2. The molecule has 122 valence electrons. The largest absolute Gasteiger partial charge is 0.338 e. The van der Waals surface area contributed by atoms with Crippen molar-refractivity contribution in [1.29, 1.82) is 0 Å². The van der Waals surface area contributed by atoms with Crippen molar-refractivity contribution in [3.05, 3.63) is 29.3 Å². The number of nitrogens with one attached hydrogen (secondary N) is 2. The third kappa shape index (κ3) is 3.91. The number of hydrogen-bond acceptors (Lipinski definition) is 3. The zero-order valence-corrected chi connectivity index (χ0v) is 14.0. The Bertz CT molecular complexity index is 619. The highest BCUT2D eigenvalue weighted by molar-refractivity contribution is 7.89. The lowest BCUT2D eigenvalue weighted by Gasteiger charge is -2.25. The van der Waals surface area contributed by atoms with Crippen LogP contribution in [-0.2, 0) is 10.0 Å². The second-order valence-corrected chi connectivity index (χ2v) is 7.45. The van der Waals surface area contributed by atoms with Gasteiger partial charge in [-0.3, -0.25) is 0 Å². The van der Waals surface area contributed by atoms with Gasteiger partial charge in [0.1, 0.15) is 0 Å². The number of nitrogens with zero attached hydrogens (tertiary/aromatic N) is 1. The van der Waals surface area contributed by atoms with Crippen LogP contribution in [0.4, 0.5) is 4.79 Å². The Morgan fingerprint density at radius 2 is 2.05 bits per heavy atom. The minimum absolute atomic E-state index is 0.180. The second-order valence-electron chi connectivity index (χ2n) is 5.13. The molecular weight excluding hydrogens is 326 g/mol. The molecule has 1 aliphatic rings. The van der Waals surface area contributed by atoms with Crippen molar-refractivity contribution in [2.24, 2.45) is 0 Å². The molecule has 6 nitrogen and oxygen atoms in total. The van der Waals surface area contributed by atoms with Crippen molar-refractivity contribution in [3.63, 3.8) is 0 Å². The number of urea groups is 1. The molecule has 0 spiro atoms. The smallest absolute Gasteiger partial charge is 0.316 e. The number of hydrogen-bond donors (Lipinski definition) is 2. The minimum atomic E-state index is -3.64. The highest BCUT2D eigenvalue weighted by Crippen LogP contribution is 2.25. The van der Waals surface area contributed by atoms with Gasteiger partial charge in [0.05, 0.1) is 11.1 Å². The first-order valence-corrected chi connectivity index (χ1v) is 9.08. The molecule has 0 unspecified atom stereocenters. The van der Waals surface area contributed by atoms with Gasteiger partial charge in [-0.25, -0.2) is 13.2 Å². The van der Waals surface area contributed by atoms with Crippen molar-refractivity contribution in [2.75, 3.05) is 13.1 Å². The second kappa shape index (κ2) is 7.30. The predicted molar refractivity (Wildman–Crippen MR) is 85.2 cm³/mol. The predicted octanol–water partition coefficient (Wildman–Crippen LogP) is 2.16. The van der Waals surface area contributed by atoms with Crippen LogP contribution in [0.25, 0.3) is 0 Å². The molecule has 1 aromatic rings. The Labute approximate surface area is 135 Å². The first kappa shape index (κ1) is 17.1. The summed E-state index contributed by atoms with van der Waals surface area (Å²) < 4.78 is 26.7. The molecule has 8 heteroatoms. The van der Waals surface area contributed by atoms with Crippen molar-refractivity contribution in [3.8, 4) is 0 Å². The average Bonchev–Trinajstić information content (AvgIpc) is 2.94. The fourth-order valence-corrected chi connectivity index (χ4v) is 4.09. The molecule has 1 heterocycles. The first-order chi connectivity index (χ1) is 10.4. The van der Waals surface area contributed by atoms with Crippen LogP contribution in [0.3, 0.4) is 0 Å². The third-order valence-electron chi connectivity index (χ3n) is 3.46. The fraction of sp³-hybridized carbons (Fsp3) is 0.500. The number of sulfonamides is 1. The van der Waals surface area contributed by atoms with E-state index >= 15 is 0 Å². The lowest BCUT2D eigenvalue weighted by atomic mass is 10.3. The van der Waals surface area contributed by atoms with E-state index in [2.05, 4.69) is 10.6 Å². The van der Waals surface area contributed by atoms with Gasteiger partial charge < -0.3 is 10.6 Å². The molecule has 22 heavy (non-hydrogen) atoms. The molecule has 1 atom stereocenters. The van der Waals surface area contributed by atoms with Gasteiger partial charge in [-0.15, -0.1) is 0 Å². The zero-order valence-electron chi connectivity index (χ0n) is 12.4. The standard InChI is InChI=1S/C14H20ClN3O3S/c1-2-9-16-14(19)17-13-4-3-10-18(13)22(20,21)12-7-5-11(15)6-8-12/h5-8,13H,2-4,9-10H2,1H3,(H2,16,17,19)/t13-/m0/s1. The highest BCUT2D eigenvalue weighted by Gasteiger charge is 2.36. The van der Waals surface area contributed by atoms with Gasteiger partial charge in [0.15, 0.2) is 0 Å². The topological polar surface area (TPSA) is 78.5 Å². The van der Waals surface area contributed by atoms with Gasteiger partial charge in [-0.2, -0.15) is 4.31 Å². The fourth-order valence-electron chi connectivity index (χ4n) is 2.36. The molecule has 0 radical (unpaired) electrons. The average molecular weight is 346 g/mol. The van der Waals surface area contributed by atoms with E-state index in [1.54, 1.807) is 12.1 Å². The normalized spacial score (nSPS) is 19.1. The number of rotatable bonds is 5. The SMILES string of the molecule is CCCNC(=O)N[C@@H]1CCCN1S(=O)(=O)c1ccc(Cl)cc1. The Morgan fingerprint density at radius 3 is 2.68 bits per heavy atom. The molecule has 2 amide bonds. The molecule has 0 saturated carbocycles. The Kier molecular flexibility index (Phi) is 5.66. The molecule has 1 aromatic carbocycles. The van der Waals surface area contributed by atoms with E-state index in [4.69, 9.17) is 11.6 Å². The first-order valence-electron chi connectivity index (χ1n) is 7.27. The monoisotopic (exact) mass is 345 g/mol. The molecule has 1 saturated heterocycles.